The van der Waals surface area contributed by atoms with Crippen LogP contribution in [0.4, 0.5) is 0 Å². The molecule has 31 heavy (non-hydrogen) atoms. The molecule has 1 fully saturated rings. The fourth-order valence-electron chi connectivity index (χ4n) is 4.02. The Morgan fingerprint density at radius 3 is 2.58 bits per heavy atom. The molecule has 3 aromatic rings. The molecule has 156 valence electrons. The summed E-state index contributed by atoms with van der Waals surface area (Å²) in [6.45, 7) is 1.51. The molecule has 0 atom stereocenters. The van der Waals surface area contributed by atoms with Gasteiger partial charge in [-0.1, -0.05) is 42.0 Å². The third kappa shape index (κ3) is 4.41. The molecule has 0 spiro atoms. The number of amides is 1. The standard InChI is InChI=1S/C25H23N3O3/c1-17-9-10-21-19(13-17)20(14-22(27-21)18-7-3-2-4-8-18)24(30)31-15-23(29)28-25(16-26)11-5-6-12-25/h2-4,7-10,13-14H,5-6,11-12,15H2,1H3,(H,28,29). The van der Waals surface area contributed by atoms with Crippen molar-refractivity contribution in [3.63, 3.8) is 0 Å². The monoisotopic (exact) mass is 413 g/mol. The SMILES string of the molecule is Cc1ccc2nc(-c3ccccc3)cc(C(=O)OCC(=O)NC3(C#N)CCCC3)c2c1. The number of benzene rings is 2. The predicted octanol–water partition coefficient (Wildman–Crippen LogP) is 4.32. The van der Waals surface area contributed by atoms with Crippen molar-refractivity contribution in [2.24, 2.45) is 0 Å². The zero-order valence-corrected chi connectivity index (χ0v) is 17.4. The lowest BCUT2D eigenvalue weighted by atomic mass is 10.00. The van der Waals surface area contributed by atoms with Gasteiger partial charge in [0.25, 0.3) is 5.91 Å². The zero-order chi connectivity index (χ0) is 21.8. The molecule has 6 heteroatoms. The first kappa shape index (κ1) is 20.5. The number of hydrogen-bond acceptors (Lipinski definition) is 5. The van der Waals surface area contributed by atoms with Crippen molar-refractivity contribution in [2.45, 2.75) is 38.1 Å². The van der Waals surface area contributed by atoms with Crippen molar-refractivity contribution in [2.75, 3.05) is 6.61 Å². The van der Waals surface area contributed by atoms with E-state index < -0.39 is 24.0 Å². The Labute approximate surface area is 180 Å². The number of fused-ring (bicyclic) bond motifs is 1. The maximum Gasteiger partial charge on any atom is 0.339 e. The third-order valence-corrected chi connectivity index (χ3v) is 5.64. The summed E-state index contributed by atoms with van der Waals surface area (Å²) in [5.74, 6) is -1.06. The molecular weight excluding hydrogens is 390 g/mol. The Morgan fingerprint density at radius 1 is 1.13 bits per heavy atom. The lowest BCUT2D eigenvalue weighted by Crippen LogP contribution is -2.46. The quantitative estimate of drug-likeness (QED) is 0.629. The normalized spacial score (nSPS) is 14.7. The van der Waals surface area contributed by atoms with Crippen molar-refractivity contribution in [1.29, 1.82) is 5.26 Å². The van der Waals surface area contributed by atoms with Crippen molar-refractivity contribution in [3.05, 3.63) is 65.7 Å². The molecule has 1 aliphatic rings. The topological polar surface area (TPSA) is 92.1 Å². The van der Waals surface area contributed by atoms with Gasteiger partial charge in [-0.2, -0.15) is 5.26 Å². The number of aromatic nitrogens is 1. The van der Waals surface area contributed by atoms with Crippen LogP contribution in [-0.4, -0.2) is 29.0 Å². The predicted molar refractivity (Wildman–Crippen MR) is 117 cm³/mol. The van der Waals surface area contributed by atoms with E-state index >= 15 is 0 Å². The van der Waals surface area contributed by atoms with Gasteiger partial charge >= 0.3 is 5.97 Å². The van der Waals surface area contributed by atoms with Gasteiger partial charge in [-0.15, -0.1) is 0 Å². The van der Waals surface area contributed by atoms with Crippen molar-refractivity contribution < 1.29 is 14.3 Å². The maximum absolute atomic E-state index is 12.9. The highest BCUT2D eigenvalue weighted by Gasteiger charge is 2.35. The van der Waals surface area contributed by atoms with E-state index in [0.29, 0.717) is 35.0 Å². The summed E-state index contributed by atoms with van der Waals surface area (Å²) < 4.78 is 5.34. The minimum atomic E-state index is -0.843. The molecule has 1 heterocycles. The molecule has 0 radical (unpaired) electrons. The molecule has 2 aromatic carbocycles. The van der Waals surface area contributed by atoms with Gasteiger partial charge in [0.15, 0.2) is 6.61 Å². The second-order valence-corrected chi connectivity index (χ2v) is 7.97. The second kappa shape index (κ2) is 8.57. The highest BCUT2D eigenvalue weighted by Crippen LogP contribution is 2.29. The van der Waals surface area contributed by atoms with Gasteiger partial charge in [-0.05, 0) is 50.8 Å². The summed E-state index contributed by atoms with van der Waals surface area (Å²) in [5.41, 5.74) is 2.72. The Morgan fingerprint density at radius 2 is 1.87 bits per heavy atom. The van der Waals surface area contributed by atoms with E-state index in [9.17, 15) is 14.9 Å². The Hall–Kier alpha value is -3.72. The lowest BCUT2D eigenvalue weighted by molar-refractivity contribution is -0.125. The van der Waals surface area contributed by atoms with Crippen LogP contribution in [0, 0.1) is 18.3 Å². The number of hydrogen-bond donors (Lipinski definition) is 1. The molecule has 0 unspecified atom stereocenters. The number of nitriles is 1. The van der Waals surface area contributed by atoms with E-state index in [2.05, 4.69) is 11.4 Å². The van der Waals surface area contributed by atoms with Crippen LogP contribution in [0.1, 0.15) is 41.6 Å². The lowest BCUT2D eigenvalue weighted by Gasteiger charge is -2.21. The average molecular weight is 413 g/mol. The number of rotatable bonds is 5. The van der Waals surface area contributed by atoms with Gasteiger partial charge in [0.05, 0.1) is 22.8 Å². The molecule has 1 amide bonds. The third-order valence-electron chi connectivity index (χ3n) is 5.64. The van der Waals surface area contributed by atoms with E-state index in [1.54, 1.807) is 6.07 Å². The maximum atomic E-state index is 12.9. The Kier molecular flexibility index (Phi) is 5.68. The van der Waals surface area contributed by atoms with Crippen LogP contribution in [0.15, 0.2) is 54.6 Å². The first-order chi connectivity index (χ1) is 15.0. The van der Waals surface area contributed by atoms with Crippen molar-refractivity contribution >= 4 is 22.8 Å². The van der Waals surface area contributed by atoms with Crippen LogP contribution in [-0.2, 0) is 9.53 Å². The Balaban J connectivity index is 1.59. The number of carbonyl (C=O) groups excluding carboxylic acids is 2. The number of carbonyl (C=O) groups is 2. The van der Waals surface area contributed by atoms with Crippen molar-refractivity contribution in [3.8, 4) is 17.3 Å². The molecule has 1 saturated carbocycles. The smallest absolute Gasteiger partial charge is 0.339 e. The number of ether oxygens (including phenoxy) is 1. The molecular formula is C25H23N3O3. The van der Waals surface area contributed by atoms with Gasteiger partial charge in [0, 0.05) is 10.9 Å². The van der Waals surface area contributed by atoms with Crippen molar-refractivity contribution in [1.82, 2.24) is 10.3 Å². The summed E-state index contributed by atoms with van der Waals surface area (Å²) in [5, 5.41) is 12.8. The van der Waals surface area contributed by atoms with E-state index in [-0.39, 0.29) is 0 Å². The minimum Gasteiger partial charge on any atom is -0.452 e. The molecule has 6 nitrogen and oxygen atoms in total. The zero-order valence-electron chi connectivity index (χ0n) is 17.4. The number of esters is 1. The van der Waals surface area contributed by atoms with Gasteiger partial charge in [-0.3, -0.25) is 4.79 Å². The number of nitrogens with one attached hydrogen (secondary N) is 1. The van der Waals surface area contributed by atoms with Gasteiger partial charge < -0.3 is 10.1 Å². The molecule has 1 N–H and O–H groups in total. The van der Waals surface area contributed by atoms with E-state index in [0.717, 1.165) is 24.0 Å². The molecule has 1 aliphatic carbocycles. The van der Waals surface area contributed by atoms with Crippen LogP contribution in [0.25, 0.3) is 22.2 Å². The molecule has 1 aromatic heterocycles. The number of aryl methyl sites for hydroxylation is 1. The van der Waals surface area contributed by atoms with E-state index in [1.165, 1.54) is 0 Å². The fraction of sp³-hybridized carbons (Fsp3) is 0.280. The van der Waals surface area contributed by atoms with Crippen LogP contribution >= 0.6 is 0 Å². The van der Waals surface area contributed by atoms with Gasteiger partial charge in [0.2, 0.25) is 0 Å². The molecule has 0 saturated heterocycles. The summed E-state index contributed by atoms with van der Waals surface area (Å²) in [4.78, 5) is 30.0. The first-order valence-electron chi connectivity index (χ1n) is 10.4. The highest BCUT2D eigenvalue weighted by atomic mass is 16.5. The molecule has 4 rings (SSSR count). The summed E-state index contributed by atoms with van der Waals surface area (Å²) in [7, 11) is 0. The highest BCUT2D eigenvalue weighted by molar-refractivity contribution is 6.05. The first-order valence-corrected chi connectivity index (χ1v) is 10.4. The largest absolute Gasteiger partial charge is 0.452 e. The minimum absolute atomic E-state index is 0.358. The second-order valence-electron chi connectivity index (χ2n) is 7.97. The summed E-state index contributed by atoms with van der Waals surface area (Å²) in [6, 6.07) is 19.2. The molecule has 0 bridgehead atoms. The van der Waals surface area contributed by atoms with Gasteiger partial charge in [0.1, 0.15) is 5.54 Å². The van der Waals surface area contributed by atoms with E-state index in [1.807, 2.05) is 55.5 Å². The summed E-state index contributed by atoms with van der Waals surface area (Å²) in [6.07, 6.45) is 3.05. The number of pyridine rings is 1. The fourth-order valence-corrected chi connectivity index (χ4v) is 4.02. The van der Waals surface area contributed by atoms with Crippen LogP contribution < -0.4 is 5.32 Å². The van der Waals surface area contributed by atoms with Crippen LogP contribution in [0.5, 0.6) is 0 Å². The average Bonchev–Trinajstić information content (AvgIpc) is 3.26. The van der Waals surface area contributed by atoms with E-state index in [4.69, 9.17) is 9.72 Å². The van der Waals surface area contributed by atoms with Gasteiger partial charge in [-0.25, -0.2) is 9.78 Å². The summed E-state index contributed by atoms with van der Waals surface area (Å²) >= 11 is 0. The Bertz CT molecular complexity index is 1180. The molecule has 0 aliphatic heterocycles. The van der Waals surface area contributed by atoms with Crippen LogP contribution in [0.2, 0.25) is 0 Å². The van der Waals surface area contributed by atoms with Crippen LogP contribution in [0.3, 0.4) is 0 Å². The number of nitrogens with zero attached hydrogens (tertiary/aromatic N) is 2.